The molecule has 1 aliphatic carbocycles. The molecule has 5 rings (SSSR count). The molecule has 0 saturated heterocycles. The molecular weight excluding hydrogens is 396 g/mol. The van der Waals surface area contributed by atoms with Crippen LogP contribution in [0.15, 0.2) is 42.7 Å². The molecule has 0 amide bonds. The smallest absolute Gasteiger partial charge is 0.417 e. The highest BCUT2D eigenvalue weighted by Gasteiger charge is 2.24. The van der Waals surface area contributed by atoms with E-state index >= 15 is 0 Å². The Balaban J connectivity index is 1.62. The second-order valence-electron chi connectivity index (χ2n) is 7.99. The van der Waals surface area contributed by atoms with Crippen LogP contribution >= 0.6 is 0 Å². The molecule has 1 N–H and O–H groups in total. The first kappa shape index (κ1) is 19.3. The van der Waals surface area contributed by atoms with Gasteiger partial charge in [0.15, 0.2) is 0 Å². The average Bonchev–Trinajstić information content (AvgIpc) is 3.39. The average molecular weight is 418 g/mol. The molecule has 3 heterocycles. The number of benzene rings is 1. The molecule has 8 nitrogen and oxygen atoms in total. The fraction of sp³-hybridized carbons (Fsp3) is 0.304. The van der Waals surface area contributed by atoms with Gasteiger partial charge in [-0.1, -0.05) is 0 Å². The van der Waals surface area contributed by atoms with Gasteiger partial charge in [-0.15, -0.1) is 0 Å². The highest BCUT2D eigenvalue weighted by molar-refractivity contribution is 5.96. The first-order valence-corrected chi connectivity index (χ1v) is 10.3. The summed E-state index contributed by atoms with van der Waals surface area (Å²) in [6.07, 6.45) is 7.12. The van der Waals surface area contributed by atoms with Crippen molar-refractivity contribution in [1.29, 1.82) is 0 Å². The van der Waals surface area contributed by atoms with Crippen molar-refractivity contribution in [2.24, 2.45) is 5.92 Å². The molecule has 0 spiro atoms. The molecule has 1 fully saturated rings. The molecule has 8 heteroatoms. The van der Waals surface area contributed by atoms with E-state index in [2.05, 4.69) is 4.98 Å². The summed E-state index contributed by atoms with van der Waals surface area (Å²) in [5.41, 5.74) is 2.34. The van der Waals surface area contributed by atoms with Crippen molar-refractivity contribution in [2.45, 2.75) is 31.7 Å². The lowest BCUT2D eigenvalue weighted by Gasteiger charge is -2.25. The highest BCUT2D eigenvalue weighted by atomic mass is 16.5. The monoisotopic (exact) mass is 418 g/mol. The van der Waals surface area contributed by atoms with Crippen molar-refractivity contribution in [3.63, 3.8) is 0 Å². The zero-order valence-electron chi connectivity index (χ0n) is 17.1. The largest absolute Gasteiger partial charge is 0.496 e. The number of fused-ring (bicyclic) bond motifs is 2. The predicted molar refractivity (Wildman–Crippen MR) is 115 cm³/mol. The van der Waals surface area contributed by atoms with Gasteiger partial charge in [0.05, 0.1) is 24.4 Å². The zero-order chi connectivity index (χ0) is 21.5. The molecule has 31 heavy (non-hydrogen) atoms. The van der Waals surface area contributed by atoms with Crippen LogP contribution in [0.5, 0.6) is 5.75 Å². The third-order valence-corrected chi connectivity index (χ3v) is 6.18. The number of rotatable bonds is 4. The number of aldehydes is 1. The van der Waals surface area contributed by atoms with Gasteiger partial charge in [-0.2, -0.15) is 5.10 Å². The van der Waals surface area contributed by atoms with Crippen LogP contribution in [-0.4, -0.2) is 43.9 Å². The van der Waals surface area contributed by atoms with Crippen LogP contribution in [0.1, 0.15) is 31.7 Å². The minimum atomic E-state index is -1.10. The van der Waals surface area contributed by atoms with E-state index in [9.17, 15) is 14.7 Å². The van der Waals surface area contributed by atoms with E-state index in [0.717, 1.165) is 48.3 Å². The molecule has 1 aliphatic rings. The lowest BCUT2D eigenvalue weighted by Crippen LogP contribution is -2.19. The number of nitrogens with zero attached hydrogens (tertiary/aromatic N) is 4. The van der Waals surface area contributed by atoms with Crippen LogP contribution in [0.3, 0.4) is 0 Å². The molecule has 4 aromatic rings. The normalized spacial score (nSPS) is 19.0. The molecule has 0 aliphatic heterocycles. The Bertz CT molecular complexity index is 1300. The maximum absolute atomic E-state index is 12.0. The van der Waals surface area contributed by atoms with Crippen molar-refractivity contribution in [3.8, 4) is 17.0 Å². The van der Waals surface area contributed by atoms with E-state index < -0.39 is 6.09 Å². The number of hydrogen-bond donors (Lipinski definition) is 1. The van der Waals surface area contributed by atoms with Crippen molar-refractivity contribution in [2.75, 3.05) is 7.11 Å². The Kier molecular flexibility index (Phi) is 4.69. The van der Waals surface area contributed by atoms with Crippen molar-refractivity contribution < 1.29 is 19.4 Å². The van der Waals surface area contributed by atoms with Crippen LogP contribution in [0.2, 0.25) is 0 Å². The summed E-state index contributed by atoms with van der Waals surface area (Å²) in [6, 6.07) is 9.45. The predicted octanol–water partition coefficient (Wildman–Crippen LogP) is 4.52. The highest BCUT2D eigenvalue weighted by Crippen LogP contribution is 2.38. The van der Waals surface area contributed by atoms with Crippen molar-refractivity contribution in [1.82, 2.24) is 19.3 Å². The first-order valence-electron chi connectivity index (χ1n) is 10.3. The summed E-state index contributed by atoms with van der Waals surface area (Å²) in [5.74, 6) is 0.701. The van der Waals surface area contributed by atoms with E-state index in [-0.39, 0.29) is 12.0 Å². The number of ether oxygens (including phenoxy) is 1. The molecule has 0 radical (unpaired) electrons. The van der Waals surface area contributed by atoms with Gasteiger partial charge in [-0.3, -0.25) is 4.68 Å². The van der Waals surface area contributed by atoms with Gasteiger partial charge in [0, 0.05) is 40.7 Å². The Morgan fingerprint density at radius 3 is 2.71 bits per heavy atom. The summed E-state index contributed by atoms with van der Waals surface area (Å²) in [5, 5.41) is 16.2. The number of aromatic nitrogens is 4. The molecule has 0 atom stereocenters. The first-order chi connectivity index (χ1) is 15.1. The molecule has 158 valence electrons. The standard InChI is InChI=1S/C23H22N4O4/c1-31-21-11-19-16(12-26(25-19)17-6-4-14(13-28)5-7-17)9-18(21)20-10-15-3-2-8-24-22(15)27(20)23(29)30/h2-3,8-14,17H,4-7H2,1H3,(H,29,30). The van der Waals surface area contributed by atoms with Gasteiger partial charge < -0.3 is 14.6 Å². The zero-order valence-corrected chi connectivity index (χ0v) is 17.1. The van der Waals surface area contributed by atoms with Gasteiger partial charge >= 0.3 is 6.09 Å². The van der Waals surface area contributed by atoms with Crippen LogP contribution in [0.25, 0.3) is 33.2 Å². The number of carboxylic acid groups (broad SMARTS) is 1. The van der Waals surface area contributed by atoms with Gasteiger partial charge in [0.1, 0.15) is 17.7 Å². The van der Waals surface area contributed by atoms with Gasteiger partial charge in [0.2, 0.25) is 0 Å². The Morgan fingerprint density at radius 2 is 2.00 bits per heavy atom. The third-order valence-electron chi connectivity index (χ3n) is 6.18. The van der Waals surface area contributed by atoms with Crippen LogP contribution in [0, 0.1) is 5.92 Å². The van der Waals surface area contributed by atoms with E-state index in [4.69, 9.17) is 9.84 Å². The van der Waals surface area contributed by atoms with Crippen molar-refractivity contribution in [3.05, 3.63) is 42.7 Å². The van der Waals surface area contributed by atoms with Crippen LogP contribution in [-0.2, 0) is 4.79 Å². The summed E-state index contributed by atoms with van der Waals surface area (Å²) < 4.78 is 8.77. The summed E-state index contributed by atoms with van der Waals surface area (Å²) in [7, 11) is 1.56. The summed E-state index contributed by atoms with van der Waals surface area (Å²) >= 11 is 0. The molecule has 0 bridgehead atoms. The topological polar surface area (TPSA) is 99.2 Å². The number of carbonyl (C=O) groups is 2. The molecular formula is C23H22N4O4. The number of carbonyl (C=O) groups excluding carboxylic acids is 1. The maximum Gasteiger partial charge on any atom is 0.417 e. The number of hydrogen-bond acceptors (Lipinski definition) is 5. The Morgan fingerprint density at radius 1 is 1.19 bits per heavy atom. The van der Waals surface area contributed by atoms with Gasteiger partial charge in [-0.25, -0.2) is 14.3 Å². The number of pyridine rings is 1. The van der Waals surface area contributed by atoms with Gasteiger partial charge in [-0.05, 0) is 49.9 Å². The lowest BCUT2D eigenvalue weighted by molar-refractivity contribution is -0.112. The second kappa shape index (κ2) is 7.54. The van der Waals surface area contributed by atoms with E-state index in [1.165, 1.54) is 4.57 Å². The van der Waals surface area contributed by atoms with E-state index in [1.54, 1.807) is 19.4 Å². The minimum absolute atomic E-state index is 0.152. The quantitative estimate of drug-likeness (QED) is 0.489. The number of methoxy groups -OCH3 is 1. The summed E-state index contributed by atoms with van der Waals surface area (Å²) in [6.45, 7) is 0. The molecule has 0 unspecified atom stereocenters. The minimum Gasteiger partial charge on any atom is -0.496 e. The van der Waals surface area contributed by atoms with Crippen LogP contribution < -0.4 is 4.74 Å². The fourth-order valence-corrected chi connectivity index (χ4v) is 4.56. The fourth-order valence-electron chi connectivity index (χ4n) is 4.56. The Hall–Kier alpha value is -3.68. The molecule has 1 aromatic carbocycles. The maximum atomic E-state index is 12.0. The van der Waals surface area contributed by atoms with Gasteiger partial charge in [0.25, 0.3) is 0 Å². The van der Waals surface area contributed by atoms with Crippen LogP contribution in [0.4, 0.5) is 4.79 Å². The SMILES string of the molecule is COc1cc2nn(C3CCC(C=O)CC3)cc2cc1-c1cc2cccnc2n1C(=O)O. The summed E-state index contributed by atoms with van der Waals surface area (Å²) in [4.78, 5) is 27.3. The third kappa shape index (κ3) is 3.24. The second-order valence-corrected chi connectivity index (χ2v) is 7.99. The lowest BCUT2D eigenvalue weighted by atomic mass is 9.87. The Labute approximate surface area is 178 Å². The van der Waals surface area contributed by atoms with Crippen molar-refractivity contribution >= 4 is 34.3 Å². The van der Waals surface area contributed by atoms with E-state index in [0.29, 0.717) is 22.7 Å². The molecule has 1 saturated carbocycles. The van der Waals surface area contributed by atoms with E-state index in [1.807, 2.05) is 35.1 Å². The molecule has 3 aromatic heterocycles.